The van der Waals surface area contributed by atoms with Gasteiger partial charge in [0.25, 0.3) is 0 Å². The molecule has 31 heavy (non-hydrogen) atoms. The van der Waals surface area contributed by atoms with Crippen molar-refractivity contribution in [3.63, 3.8) is 0 Å². The van der Waals surface area contributed by atoms with Crippen molar-refractivity contribution >= 4 is 45.9 Å². The third-order valence-corrected chi connectivity index (χ3v) is 6.80. The summed E-state index contributed by atoms with van der Waals surface area (Å²) in [5, 5.41) is 3.32. The number of halogens is 1. The van der Waals surface area contributed by atoms with Gasteiger partial charge in [0, 0.05) is 59.2 Å². The smallest absolute Gasteiger partial charge is 0.242 e. The Morgan fingerprint density at radius 2 is 1.74 bits per heavy atom. The van der Waals surface area contributed by atoms with Crippen LogP contribution in [0.4, 0.5) is 5.95 Å². The van der Waals surface area contributed by atoms with Crippen molar-refractivity contribution in [1.82, 2.24) is 24.5 Å². The van der Waals surface area contributed by atoms with Crippen molar-refractivity contribution in [2.45, 2.75) is 18.4 Å². The van der Waals surface area contributed by atoms with Crippen LogP contribution < -0.4 is 10.2 Å². The average Bonchev–Trinajstić information content (AvgIpc) is 2.77. The molecule has 170 valence electrons. The Balaban J connectivity index is 0.00000341. The molecule has 0 radical (unpaired) electrons. The van der Waals surface area contributed by atoms with Crippen LogP contribution in [0.1, 0.15) is 12.5 Å². The minimum absolute atomic E-state index is 0. The predicted octanol–water partition coefficient (Wildman–Crippen LogP) is 1.63. The monoisotopic (exact) mass is 559 g/mol. The van der Waals surface area contributed by atoms with Crippen molar-refractivity contribution < 1.29 is 8.42 Å². The van der Waals surface area contributed by atoms with E-state index in [1.807, 2.05) is 25.1 Å². The molecule has 1 N–H and O–H groups in total. The second kappa shape index (κ2) is 11.6. The number of aromatic nitrogens is 2. The molecule has 2 aromatic rings. The second-order valence-electron chi connectivity index (χ2n) is 7.09. The highest BCUT2D eigenvalue weighted by molar-refractivity contribution is 14.0. The predicted molar refractivity (Wildman–Crippen MR) is 133 cm³/mol. The van der Waals surface area contributed by atoms with E-state index in [0.29, 0.717) is 10.5 Å². The first-order chi connectivity index (χ1) is 14.4. The molecule has 9 nitrogen and oxygen atoms in total. The van der Waals surface area contributed by atoms with Crippen LogP contribution in [-0.2, 0) is 16.6 Å². The zero-order valence-electron chi connectivity index (χ0n) is 18.1. The van der Waals surface area contributed by atoms with Gasteiger partial charge < -0.3 is 15.1 Å². The number of nitrogens with one attached hydrogen (secondary N) is 1. The number of rotatable bonds is 6. The molecule has 0 amide bonds. The minimum Gasteiger partial charge on any atom is -0.357 e. The summed E-state index contributed by atoms with van der Waals surface area (Å²) in [6.07, 6.45) is 3.50. The number of nitrogens with zero attached hydrogens (tertiary/aromatic N) is 6. The number of hydrogen-bond donors (Lipinski definition) is 1. The van der Waals surface area contributed by atoms with Gasteiger partial charge in [-0.3, -0.25) is 0 Å². The Labute approximate surface area is 201 Å². The number of aliphatic imine (C=N–C) groups is 1. The Hall–Kier alpha value is -1.99. The highest BCUT2D eigenvalue weighted by atomic mass is 127. The molecule has 3 rings (SSSR count). The van der Waals surface area contributed by atoms with E-state index in [1.165, 1.54) is 18.4 Å². The molecule has 1 aromatic carbocycles. The lowest BCUT2D eigenvalue weighted by molar-refractivity contribution is 0.370. The number of piperazine rings is 1. The Morgan fingerprint density at radius 3 is 2.35 bits per heavy atom. The summed E-state index contributed by atoms with van der Waals surface area (Å²) in [5.74, 6) is 1.52. The summed E-state index contributed by atoms with van der Waals surface area (Å²) in [5.41, 5.74) is 0.679. The Kier molecular flexibility index (Phi) is 9.44. The standard InChI is InChI=1S/C20H29N7O2S.HI/c1-4-21-19(26-12-14-27(15-13-26)20-22-10-7-11-23-20)24-16-17-8-5-6-9-18(17)30(28,29)25(2)3;/h5-11H,4,12-16H2,1-3H3,(H,21,24);1H. The topological polar surface area (TPSA) is 94.0 Å². The zero-order chi connectivity index (χ0) is 21.6. The van der Waals surface area contributed by atoms with Crippen molar-refractivity contribution in [2.75, 3.05) is 51.7 Å². The molecule has 0 bridgehead atoms. The number of sulfonamides is 1. The van der Waals surface area contributed by atoms with Gasteiger partial charge in [0.1, 0.15) is 0 Å². The summed E-state index contributed by atoms with van der Waals surface area (Å²) < 4.78 is 26.5. The number of guanidine groups is 1. The fourth-order valence-corrected chi connectivity index (χ4v) is 4.35. The lowest BCUT2D eigenvalue weighted by atomic mass is 10.2. The summed E-state index contributed by atoms with van der Waals surface area (Å²) in [4.78, 5) is 18.0. The van der Waals surface area contributed by atoms with E-state index >= 15 is 0 Å². The summed E-state index contributed by atoms with van der Waals surface area (Å²) in [7, 11) is -0.447. The average molecular weight is 559 g/mol. The van der Waals surface area contributed by atoms with Crippen LogP contribution in [0.15, 0.2) is 52.6 Å². The maximum atomic E-state index is 12.6. The van der Waals surface area contributed by atoms with Gasteiger partial charge in [-0.05, 0) is 24.6 Å². The van der Waals surface area contributed by atoms with Gasteiger partial charge in [0.15, 0.2) is 5.96 Å². The van der Waals surface area contributed by atoms with Gasteiger partial charge in [-0.25, -0.2) is 27.7 Å². The maximum Gasteiger partial charge on any atom is 0.242 e. The quantitative estimate of drug-likeness (QED) is 0.327. The molecule has 0 unspecified atom stereocenters. The molecular weight excluding hydrogens is 529 g/mol. The number of benzene rings is 1. The SMILES string of the molecule is CCNC(=NCc1ccccc1S(=O)(=O)N(C)C)N1CCN(c2ncccn2)CC1.I. The van der Waals surface area contributed by atoms with E-state index in [-0.39, 0.29) is 30.5 Å². The van der Waals surface area contributed by atoms with Crippen LogP contribution >= 0.6 is 24.0 Å². The lowest BCUT2D eigenvalue weighted by Crippen LogP contribution is -2.53. The number of anilines is 1. The van der Waals surface area contributed by atoms with Gasteiger partial charge in [0.2, 0.25) is 16.0 Å². The highest BCUT2D eigenvalue weighted by Crippen LogP contribution is 2.19. The molecule has 1 saturated heterocycles. The van der Waals surface area contributed by atoms with Crippen LogP contribution in [0, 0.1) is 0 Å². The Bertz CT molecular complexity index is 963. The van der Waals surface area contributed by atoms with Crippen LogP contribution in [0.25, 0.3) is 0 Å². The molecule has 2 heterocycles. The fraction of sp³-hybridized carbons (Fsp3) is 0.450. The largest absolute Gasteiger partial charge is 0.357 e. The first-order valence-corrected chi connectivity index (χ1v) is 11.4. The fourth-order valence-electron chi connectivity index (χ4n) is 3.24. The van der Waals surface area contributed by atoms with E-state index in [2.05, 4.69) is 25.1 Å². The summed E-state index contributed by atoms with van der Waals surface area (Å²) in [6.45, 7) is 6.18. The van der Waals surface area contributed by atoms with E-state index in [9.17, 15) is 8.42 Å². The molecule has 11 heteroatoms. The molecule has 1 aliphatic rings. The minimum atomic E-state index is -3.52. The van der Waals surface area contributed by atoms with Crippen molar-refractivity contribution in [3.8, 4) is 0 Å². The first kappa shape index (κ1) is 25.3. The zero-order valence-corrected chi connectivity index (χ0v) is 21.2. The van der Waals surface area contributed by atoms with Gasteiger partial charge >= 0.3 is 0 Å². The van der Waals surface area contributed by atoms with Gasteiger partial charge in [-0.15, -0.1) is 24.0 Å². The van der Waals surface area contributed by atoms with Gasteiger partial charge in [-0.2, -0.15) is 0 Å². The van der Waals surface area contributed by atoms with Crippen molar-refractivity contribution in [2.24, 2.45) is 4.99 Å². The normalized spacial score (nSPS) is 15.0. The lowest BCUT2D eigenvalue weighted by Gasteiger charge is -2.36. The van der Waals surface area contributed by atoms with E-state index in [0.717, 1.165) is 44.6 Å². The molecule has 1 aromatic heterocycles. The molecule has 0 saturated carbocycles. The molecule has 0 atom stereocenters. The molecule has 0 aliphatic carbocycles. The number of hydrogen-bond acceptors (Lipinski definition) is 6. The maximum absolute atomic E-state index is 12.6. The molecule has 1 aliphatic heterocycles. The van der Waals surface area contributed by atoms with Crippen LogP contribution in [0.3, 0.4) is 0 Å². The van der Waals surface area contributed by atoms with Crippen LogP contribution in [0.5, 0.6) is 0 Å². The first-order valence-electron chi connectivity index (χ1n) is 9.99. The second-order valence-corrected chi connectivity index (χ2v) is 9.21. The molecular formula is C20H30IN7O2S. The van der Waals surface area contributed by atoms with Gasteiger partial charge in [0.05, 0.1) is 11.4 Å². The van der Waals surface area contributed by atoms with Crippen molar-refractivity contribution in [1.29, 1.82) is 0 Å². The summed E-state index contributed by atoms with van der Waals surface area (Å²) >= 11 is 0. The highest BCUT2D eigenvalue weighted by Gasteiger charge is 2.23. The molecule has 1 fully saturated rings. The third kappa shape index (κ3) is 6.26. The van der Waals surface area contributed by atoms with E-state index in [1.54, 1.807) is 24.5 Å². The van der Waals surface area contributed by atoms with E-state index < -0.39 is 10.0 Å². The van der Waals surface area contributed by atoms with Crippen LogP contribution in [-0.4, -0.2) is 80.4 Å². The Morgan fingerprint density at radius 1 is 1.10 bits per heavy atom. The van der Waals surface area contributed by atoms with Crippen molar-refractivity contribution in [3.05, 3.63) is 48.3 Å². The third-order valence-electron chi connectivity index (χ3n) is 4.88. The summed E-state index contributed by atoms with van der Waals surface area (Å²) in [6, 6.07) is 8.83. The van der Waals surface area contributed by atoms with Crippen LogP contribution in [0.2, 0.25) is 0 Å². The van der Waals surface area contributed by atoms with Gasteiger partial charge in [-0.1, -0.05) is 18.2 Å². The van der Waals surface area contributed by atoms with E-state index in [4.69, 9.17) is 4.99 Å². The molecule has 0 spiro atoms.